The van der Waals surface area contributed by atoms with Gasteiger partial charge in [0.15, 0.2) is 5.65 Å². The van der Waals surface area contributed by atoms with E-state index in [1.165, 1.54) is 4.40 Å². The van der Waals surface area contributed by atoms with E-state index in [0.29, 0.717) is 40.0 Å². The van der Waals surface area contributed by atoms with E-state index in [0.717, 1.165) is 4.68 Å². The Morgan fingerprint density at radius 1 is 1.14 bits per heavy atom. The van der Waals surface area contributed by atoms with Gasteiger partial charge in [-0.15, -0.1) is 5.10 Å². The molecule has 0 spiro atoms. The highest BCUT2D eigenvalue weighted by Crippen LogP contribution is 2.26. The molecule has 0 aliphatic carbocycles. The van der Waals surface area contributed by atoms with Crippen molar-refractivity contribution in [2.24, 2.45) is 0 Å². The number of nitrogens with zero attached hydrogens (tertiary/aromatic N) is 5. The first-order chi connectivity index (χ1) is 17.0. The number of aromatic nitrogens is 5. The van der Waals surface area contributed by atoms with Crippen molar-refractivity contribution in [3.05, 3.63) is 82.4 Å². The van der Waals surface area contributed by atoms with Gasteiger partial charge in [-0.05, 0) is 55.5 Å². The molecular formula is C24H19ClN6O4. The normalized spacial score (nSPS) is 11.0. The van der Waals surface area contributed by atoms with E-state index < -0.39 is 11.6 Å². The molecule has 10 nitrogen and oxygen atoms in total. The molecule has 0 unspecified atom stereocenters. The zero-order valence-electron chi connectivity index (χ0n) is 18.5. The van der Waals surface area contributed by atoms with Crippen LogP contribution in [0.25, 0.3) is 28.5 Å². The molecule has 5 aromatic rings. The Morgan fingerprint density at radius 2 is 1.97 bits per heavy atom. The minimum atomic E-state index is -0.474. The Bertz CT molecular complexity index is 1570. The molecule has 0 bridgehead atoms. The number of pyridine rings is 1. The smallest absolute Gasteiger partial charge is 0.350 e. The van der Waals surface area contributed by atoms with Crippen LogP contribution in [0.4, 0.5) is 5.69 Å². The summed E-state index contributed by atoms with van der Waals surface area (Å²) in [6.45, 7) is 2.17. The lowest BCUT2D eigenvalue weighted by molar-refractivity contribution is -0.117. The number of carbonyl (C=O) groups is 1. The maximum atomic E-state index is 12.9. The lowest BCUT2D eigenvalue weighted by Gasteiger charge is -2.06. The second-order valence-corrected chi connectivity index (χ2v) is 7.93. The fourth-order valence-corrected chi connectivity index (χ4v) is 3.71. The standard InChI is InChI=1S/C24H19ClN6O4/c1-2-34-18-10-8-17(9-11-18)26-20(32)14-31-24(33)30-12-4-7-19(22(30)28-31)23-27-21(29-35-23)15-5-3-6-16(25)13-15/h3-13H,2,14H2,1H3,(H,26,32). The molecule has 35 heavy (non-hydrogen) atoms. The van der Waals surface area contributed by atoms with Gasteiger partial charge in [-0.25, -0.2) is 13.9 Å². The quantitative estimate of drug-likeness (QED) is 0.367. The first kappa shape index (κ1) is 22.4. The summed E-state index contributed by atoms with van der Waals surface area (Å²) < 4.78 is 13.2. The van der Waals surface area contributed by atoms with Crippen LogP contribution in [0.3, 0.4) is 0 Å². The van der Waals surface area contributed by atoms with Crippen LogP contribution in [0.1, 0.15) is 6.92 Å². The van der Waals surface area contributed by atoms with E-state index in [1.54, 1.807) is 60.8 Å². The Balaban J connectivity index is 1.40. The Morgan fingerprint density at radius 3 is 2.74 bits per heavy atom. The van der Waals surface area contributed by atoms with Crippen molar-refractivity contribution in [1.82, 2.24) is 24.3 Å². The molecule has 1 amide bonds. The van der Waals surface area contributed by atoms with Crippen LogP contribution in [-0.4, -0.2) is 36.8 Å². The number of halogens is 1. The highest BCUT2D eigenvalue weighted by molar-refractivity contribution is 6.30. The minimum Gasteiger partial charge on any atom is -0.494 e. The number of fused-ring (bicyclic) bond motifs is 1. The highest BCUT2D eigenvalue weighted by Gasteiger charge is 2.18. The van der Waals surface area contributed by atoms with Crippen LogP contribution in [0.5, 0.6) is 5.75 Å². The molecule has 176 valence electrons. The van der Waals surface area contributed by atoms with Crippen molar-refractivity contribution in [1.29, 1.82) is 0 Å². The number of nitrogens with one attached hydrogen (secondary N) is 1. The first-order valence-corrected chi connectivity index (χ1v) is 11.1. The van der Waals surface area contributed by atoms with E-state index in [9.17, 15) is 9.59 Å². The second kappa shape index (κ2) is 9.43. The van der Waals surface area contributed by atoms with E-state index in [2.05, 4.69) is 20.6 Å². The van der Waals surface area contributed by atoms with Crippen LogP contribution in [0.15, 0.2) is 76.2 Å². The second-order valence-electron chi connectivity index (χ2n) is 7.49. The molecule has 2 aromatic carbocycles. The van der Waals surface area contributed by atoms with Crippen molar-refractivity contribution >= 4 is 28.8 Å². The van der Waals surface area contributed by atoms with Crippen molar-refractivity contribution in [3.63, 3.8) is 0 Å². The molecular weight excluding hydrogens is 472 g/mol. The summed E-state index contributed by atoms with van der Waals surface area (Å²) in [7, 11) is 0. The van der Waals surface area contributed by atoms with Crippen LogP contribution >= 0.6 is 11.6 Å². The number of anilines is 1. The number of amides is 1. The third-order valence-electron chi connectivity index (χ3n) is 5.09. The number of benzene rings is 2. The van der Waals surface area contributed by atoms with E-state index in [-0.39, 0.29) is 18.1 Å². The zero-order chi connectivity index (χ0) is 24.4. The van der Waals surface area contributed by atoms with Gasteiger partial charge >= 0.3 is 5.69 Å². The summed E-state index contributed by atoms with van der Waals surface area (Å²) in [5, 5.41) is 11.6. The van der Waals surface area contributed by atoms with Crippen molar-refractivity contribution in [2.75, 3.05) is 11.9 Å². The molecule has 0 aliphatic heterocycles. The van der Waals surface area contributed by atoms with Gasteiger partial charge in [-0.3, -0.25) is 4.79 Å². The number of carbonyl (C=O) groups excluding carboxylic acids is 1. The van der Waals surface area contributed by atoms with E-state index in [4.69, 9.17) is 20.9 Å². The average Bonchev–Trinajstić information content (AvgIpc) is 3.46. The lowest BCUT2D eigenvalue weighted by atomic mass is 10.2. The molecule has 11 heteroatoms. The Kier molecular flexibility index (Phi) is 6.02. The van der Waals surface area contributed by atoms with Gasteiger partial charge in [0, 0.05) is 22.5 Å². The molecule has 0 fully saturated rings. The molecule has 0 saturated heterocycles. The summed E-state index contributed by atoms with van der Waals surface area (Å²) in [6.07, 6.45) is 1.56. The summed E-state index contributed by atoms with van der Waals surface area (Å²) in [5.74, 6) is 0.832. The number of hydrogen-bond acceptors (Lipinski definition) is 7. The van der Waals surface area contributed by atoms with Gasteiger partial charge < -0.3 is 14.6 Å². The van der Waals surface area contributed by atoms with Crippen molar-refractivity contribution in [2.45, 2.75) is 13.5 Å². The van der Waals surface area contributed by atoms with Gasteiger partial charge in [0.2, 0.25) is 11.7 Å². The maximum absolute atomic E-state index is 12.9. The summed E-state index contributed by atoms with van der Waals surface area (Å²) in [5.41, 5.74) is 1.53. The number of hydrogen-bond donors (Lipinski definition) is 1. The van der Waals surface area contributed by atoms with E-state index >= 15 is 0 Å². The van der Waals surface area contributed by atoms with Crippen LogP contribution in [0.2, 0.25) is 5.02 Å². The van der Waals surface area contributed by atoms with Gasteiger partial charge in [-0.1, -0.05) is 28.9 Å². The predicted octanol–water partition coefficient (Wildman–Crippen LogP) is 3.90. The van der Waals surface area contributed by atoms with Gasteiger partial charge in [0.1, 0.15) is 12.3 Å². The summed E-state index contributed by atoms with van der Waals surface area (Å²) in [6, 6.07) is 17.4. The molecule has 1 N–H and O–H groups in total. The predicted molar refractivity (Wildman–Crippen MR) is 129 cm³/mol. The molecule has 5 rings (SSSR count). The fraction of sp³-hybridized carbons (Fsp3) is 0.125. The van der Waals surface area contributed by atoms with Crippen molar-refractivity contribution in [3.8, 4) is 28.6 Å². The summed E-state index contributed by atoms with van der Waals surface area (Å²) >= 11 is 6.05. The third kappa shape index (κ3) is 4.64. The SMILES string of the molecule is CCOc1ccc(NC(=O)Cn2nc3c(-c4nc(-c5cccc(Cl)c5)no4)cccn3c2=O)cc1. The lowest BCUT2D eigenvalue weighted by Crippen LogP contribution is -2.28. The minimum absolute atomic E-state index is 0.182. The summed E-state index contributed by atoms with van der Waals surface area (Å²) in [4.78, 5) is 29.9. The number of ether oxygens (including phenoxy) is 1. The van der Waals surface area contributed by atoms with E-state index in [1.807, 2.05) is 13.0 Å². The Hall–Kier alpha value is -4.44. The van der Waals surface area contributed by atoms with Crippen LogP contribution in [-0.2, 0) is 11.3 Å². The van der Waals surface area contributed by atoms with Gasteiger partial charge in [0.05, 0.1) is 12.2 Å². The zero-order valence-corrected chi connectivity index (χ0v) is 19.3. The molecule has 3 aromatic heterocycles. The van der Waals surface area contributed by atoms with Crippen molar-refractivity contribution < 1.29 is 14.1 Å². The fourth-order valence-electron chi connectivity index (χ4n) is 3.52. The Labute approximate surface area is 203 Å². The molecule has 0 saturated carbocycles. The van der Waals surface area contributed by atoms with Crippen LogP contribution in [0, 0.1) is 0 Å². The molecule has 3 heterocycles. The topological polar surface area (TPSA) is 117 Å². The first-order valence-electron chi connectivity index (χ1n) is 10.7. The monoisotopic (exact) mass is 490 g/mol. The number of rotatable bonds is 7. The van der Waals surface area contributed by atoms with Gasteiger partial charge in [0.25, 0.3) is 5.89 Å². The largest absolute Gasteiger partial charge is 0.494 e. The van der Waals surface area contributed by atoms with Crippen LogP contribution < -0.4 is 15.7 Å². The average molecular weight is 491 g/mol. The highest BCUT2D eigenvalue weighted by atomic mass is 35.5. The molecule has 0 atom stereocenters. The maximum Gasteiger partial charge on any atom is 0.350 e. The molecule has 0 radical (unpaired) electrons. The third-order valence-corrected chi connectivity index (χ3v) is 5.33. The molecule has 0 aliphatic rings. The van der Waals surface area contributed by atoms with Gasteiger partial charge in [-0.2, -0.15) is 4.98 Å².